The first-order valence-electron chi connectivity index (χ1n) is 8.33. The zero-order valence-corrected chi connectivity index (χ0v) is 12.6. The fourth-order valence-corrected chi connectivity index (χ4v) is 3.59. The maximum Gasteiger partial charge on any atom is 0.0240 e. The van der Waals surface area contributed by atoms with Crippen LogP contribution in [0.1, 0.15) is 31.2 Å². The Morgan fingerprint density at radius 2 is 1.81 bits per heavy atom. The molecule has 2 aromatic rings. The molecule has 1 N–H and O–H groups in total. The predicted molar refractivity (Wildman–Crippen MR) is 88.4 cm³/mol. The summed E-state index contributed by atoms with van der Waals surface area (Å²) in [6.07, 6.45) is 5.46. The highest BCUT2D eigenvalue weighted by atomic mass is 15.2. The zero-order chi connectivity index (χ0) is 14.1. The first-order chi connectivity index (χ1) is 10.4. The van der Waals surface area contributed by atoms with Crippen molar-refractivity contribution in [2.24, 2.45) is 0 Å². The molecule has 2 aliphatic rings. The van der Waals surface area contributed by atoms with Crippen molar-refractivity contribution in [1.82, 2.24) is 10.2 Å². The number of hydrogen-bond donors (Lipinski definition) is 1. The molecule has 110 valence electrons. The molecule has 1 saturated heterocycles. The van der Waals surface area contributed by atoms with Crippen LogP contribution < -0.4 is 5.32 Å². The summed E-state index contributed by atoms with van der Waals surface area (Å²) in [7, 11) is 0. The van der Waals surface area contributed by atoms with Gasteiger partial charge in [-0.25, -0.2) is 0 Å². The highest BCUT2D eigenvalue weighted by Crippen LogP contribution is 2.24. The summed E-state index contributed by atoms with van der Waals surface area (Å²) in [4.78, 5) is 2.63. The van der Waals surface area contributed by atoms with Crippen LogP contribution in [0.5, 0.6) is 0 Å². The van der Waals surface area contributed by atoms with E-state index in [-0.39, 0.29) is 0 Å². The number of nitrogens with one attached hydrogen (secondary N) is 1. The van der Waals surface area contributed by atoms with Gasteiger partial charge >= 0.3 is 0 Å². The van der Waals surface area contributed by atoms with E-state index in [4.69, 9.17) is 0 Å². The Morgan fingerprint density at radius 3 is 2.71 bits per heavy atom. The maximum atomic E-state index is 3.80. The van der Waals surface area contributed by atoms with E-state index in [9.17, 15) is 0 Å². The number of likely N-dealkylation sites (tertiary alicyclic amines) is 1. The summed E-state index contributed by atoms with van der Waals surface area (Å²) in [6, 6.07) is 17.0. The third-order valence-corrected chi connectivity index (χ3v) is 4.83. The summed E-state index contributed by atoms with van der Waals surface area (Å²) < 4.78 is 0. The fourth-order valence-electron chi connectivity index (χ4n) is 3.59. The van der Waals surface area contributed by atoms with Crippen molar-refractivity contribution < 1.29 is 0 Å². The molecule has 0 bridgehead atoms. The Labute approximate surface area is 127 Å². The van der Waals surface area contributed by atoms with Gasteiger partial charge in [-0.15, -0.1) is 0 Å². The van der Waals surface area contributed by atoms with Crippen molar-refractivity contribution in [3.63, 3.8) is 0 Å². The Bertz CT molecular complexity index is 612. The van der Waals surface area contributed by atoms with Crippen molar-refractivity contribution in [3.8, 4) is 0 Å². The summed E-state index contributed by atoms with van der Waals surface area (Å²) in [5.41, 5.74) is 1.47. The van der Waals surface area contributed by atoms with E-state index in [2.05, 4.69) is 52.7 Å². The minimum absolute atomic E-state index is 0.709. The van der Waals surface area contributed by atoms with Gasteiger partial charge in [0, 0.05) is 25.2 Å². The number of piperidine rings is 1. The van der Waals surface area contributed by atoms with Gasteiger partial charge in [-0.05, 0) is 48.6 Å². The van der Waals surface area contributed by atoms with Crippen LogP contribution in [0, 0.1) is 0 Å². The number of benzene rings is 2. The molecule has 1 saturated carbocycles. The first-order valence-corrected chi connectivity index (χ1v) is 8.33. The predicted octanol–water partition coefficient (Wildman–Crippen LogP) is 3.56. The summed E-state index contributed by atoms with van der Waals surface area (Å²) >= 11 is 0. The van der Waals surface area contributed by atoms with Crippen LogP contribution >= 0.6 is 0 Å². The molecule has 1 aliphatic carbocycles. The minimum Gasteiger partial charge on any atom is -0.310 e. The Balaban J connectivity index is 1.48. The third kappa shape index (κ3) is 3.12. The second-order valence-corrected chi connectivity index (χ2v) is 6.65. The highest BCUT2D eigenvalue weighted by Gasteiger charge is 2.27. The van der Waals surface area contributed by atoms with Gasteiger partial charge in [-0.3, -0.25) is 4.90 Å². The van der Waals surface area contributed by atoms with E-state index >= 15 is 0 Å². The van der Waals surface area contributed by atoms with Gasteiger partial charge in [0.1, 0.15) is 0 Å². The van der Waals surface area contributed by atoms with Crippen LogP contribution in [-0.2, 0) is 6.54 Å². The van der Waals surface area contributed by atoms with Gasteiger partial charge in [0.05, 0.1) is 0 Å². The monoisotopic (exact) mass is 280 g/mol. The molecule has 2 fully saturated rings. The van der Waals surface area contributed by atoms with Crippen LogP contribution in [0.25, 0.3) is 10.8 Å². The van der Waals surface area contributed by atoms with E-state index in [1.54, 1.807) is 0 Å². The largest absolute Gasteiger partial charge is 0.310 e. The molecular formula is C19H24N2. The van der Waals surface area contributed by atoms with Crippen molar-refractivity contribution >= 4 is 10.8 Å². The lowest BCUT2D eigenvalue weighted by Crippen LogP contribution is -2.46. The average molecular weight is 280 g/mol. The molecule has 1 atom stereocenters. The van der Waals surface area contributed by atoms with Crippen molar-refractivity contribution in [1.29, 1.82) is 0 Å². The standard InChI is InChI=1S/C19H24N2/c1-2-9-19-15(5-1)6-3-7-16(19)13-21-12-4-8-18(14-21)20-17-10-11-17/h1-3,5-7,9,17-18,20H,4,8,10-14H2. The molecule has 0 radical (unpaired) electrons. The Hall–Kier alpha value is -1.38. The maximum absolute atomic E-state index is 3.80. The van der Waals surface area contributed by atoms with Crippen molar-refractivity contribution in [2.45, 2.75) is 44.3 Å². The lowest BCUT2D eigenvalue weighted by molar-refractivity contribution is 0.183. The molecule has 21 heavy (non-hydrogen) atoms. The average Bonchev–Trinajstić information content (AvgIpc) is 3.32. The molecule has 1 heterocycles. The van der Waals surface area contributed by atoms with E-state index in [0.29, 0.717) is 6.04 Å². The highest BCUT2D eigenvalue weighted by molar-refractivity contribution is 5.85. The molecule has 2 aromatic carbocycles. The van der Waals surface area contributed by atoms with E-state index in [1.807, 2.05) is 0 Å². The fraction of sp³-hybridized carbons (Fsp3) is 0.474. The molecule has 2 nitrogen and oxygen atoms in total. The summed E-state index contributed by atoms with van der Waals surface area (Å²) in [6.45, 7) is 3.54. The first kappa shape index (κ1) is 13.3. The zero-order valence-electron chi connectivity index (χ0n) is 12.6. The molecular weight excluding hydrogens is 256 g/mol. The van der Waals surface area contributed by atoms with Crippen molar-refractivity contribution in [3.05, 3.63) is 48.0 Å². The van der Waals surface area contributed by atoms with Crippen LogP contribution in [0.15, 0.2) is 42.5 Å². The van der Waals surface area contributed by atoms with Gasteiger partial charge in [0.15, 0.2) is 0 Å². The SMILES string of the molecule is c1ccc2c(CN3CCCC(NC4CC4)C3)cccc2c1. The smallest absolute Gasteiger partial charge is 0.0240 e. The molecule has 4 rings (SSSR count). The van der Waals surface area contributed by atoms with E-state index < -0.39 is 0 Å². The Morgan fingerprint density at radius 1 is 0.952 bits per heavy atom. The number of nitrogens with zero attached hydrogens (tertiary/aromatic N) is 1. The van der Waals surface area contributed by atoms with Gasteiger partial charge in [-0.1, -0.05) is 42.5 Å². The lowest BCUT2D eigenvalue weighted by Gasteiger charge is -2.33. The van der Waals surface area contributed by atoms with Gasteiger partial charge in [0.2, 0.25) is 0 Å². The normalized spacial score (nSPS) is 23.5. The molecule has 1 unspecified atom stereocenters. The van der Waals surface area contributed by atoms with Crippen LogP contribution in [-0.4, -0.2) is 30.1 Å². The quantitative estimate of drug-likeness (QED) is 0.921. The van der Waals surface area contributed by atoms with E-state index in [0.717, 1.165) is 12.6 Å². The van der Waals surface area contributed by atoms with Crippen LogP contribution in [0.3, 0.4) is 0 Å². The number of fused-ring (bicyclic) bond motifs is 1. The van der Waals surface area contributed by atoms with E-state index in [1.165, 1.54) is 55.1 Å². The number of rotatable bonds is 4. The Kier molecular flexibility index (Phi) is 3.66. The topological polar surface area (TPSA) is 15.3 Å². The van der Waals surface area contributed by atoms with Gasteiger partial charge < -0.3 is 5.32 Å². The minimum atomic E-state index is 0.709. The summed E-state index contributed by atoms with van der Waals surface area (Å²) in [5, 5.41) is 6.58. The number of hydrogen-bond acceptors (Lipinski definition) is 2. The second-order valence-electron chi connectivity index (χ2n) is 6.65. The molecule has 0 spiro atoms. The van der Waals surface area contributed by atoms with Gasteiger partial charge in [0.25, 0.3) is 0 Å². The molecule has 2 heteroatoms. The lowest BCUT2D eigenvalue weighted by atomic mass is 10.0. The van der Waals surface area contributed by atoms with Crippen LogP contribution in [0.2, 0.25) is 0 Å². The molecule has 0 amide bonds. The van der Waals surface area contributed by atoms with Crippen LogP contribution in [0.4, 0.5) is 0 Å². The summed E-state index contributed by atoms with van der Waals surface area (Å²) in [5.74, 6) is 0. The van der Waals surface area contributed by atoms with Crippen molar-refractivity contribution in [2.75, 3.05) is 13.1 Å². The third-order valence-electron chi connectivity index (χ3n) is 4.83. The molecule has 0 aromatic heterocycles. The molecule has 1 aliphatic heterocycles. The second kappa shape index (κ2) is 5.78. The van der Waals surface area contributed by atoms with Gasteiger partial charge in [-0.2, -0.15) is 0 Å².